The van der Waals surface area contributed by atoms with Crippen molar-refractivity contribution in [1.29, 1.82) is 0 Å². The highest BCUT2D eigenvalue weighted by atomic mass is 16.5. The Morgan fingerprint density at radius 2 is 2.00 bits per heavy atom. The average molecular weight is 283 g/mol. The number of hydrogen-bond acceptors (Lipinski definition) is 3. The van der Waals surface area contributed by atoms with E-state index in [2.05, 4.69) is 23.5 Å². The normalized spacial score (nSPS) is 15.9. The minimum absolute atomic E-state index is 0.186. The fourth-order valence-corrected chi connectivity index (χ4v) is 2.65. The third kappa shape index (κ3) is 3.24. The maximum absolute atomic E-state index is 12.3. The van der Waals surface area contributed by atoms with Crippen LogP contribution in [-0.4, -0.2) is 19.1 Å². The molecule has 3 heteroatoms. The highest BCUT2D eigenvalue weighted by Gasteiger charge is 2.27. The second-order valence-corrected chi connectivity index (χ2v) is 5.61. The Bertz CT molecular complexity index is 629. The zero-order valence-corrected chi connectivity index (χ0v) is 12.3. The summed E-state index contributed by atoms with van der Waals surface area (Å²) < 4.78 is 5.26. The third-order valence-corrected chi connectivity index (χ3v) is 3.96. The Morgan fingerprint density at radius 1 is 1.24 bits per heavy atom. The molecule has 3 nitrogen and oxygen atoms in total. The molecule has 0 radical (unpaired) electrons. The maximum atomic E-state index is 12.3. The Kier molecular flexibility index (Phi) is 4.20. The van der Waals surface area contributed by atoms with Gasteiger partial charge in [0.25, 0.3) is 0 Å². The number of carbonyl (C=O) groups excluding carboxylic acids is 1. The molecule has 0 saturated heterocycles. The number of carbonyl (C=O) groups is 1. The van der Waals surface area contributed by atoms with Gasteiger partial charge in [0.1, 0.15) is 6.04 Å². The molecule has 3 rings (SSSR count). The minimum atomic E-state index is -0.378. The van der Waals surface area contributed by atoms with E-state index in [-0.39, 0.29) is 12.0 Å². The standard InChI is InChI=1S/C18H21NO2/c1-2-21-18(20)17(19-12-13-10-11-13)16-9-5-7-14-6-3-4-8-15(14)16/h3-9,13,17,19H,2,10-12H2,1H3. The Morgan fingerprint density at radius 3 is 2.76 bits per heavy atom. The molecule has 1 aliphatic carbocycles. The number of nitrogens with one attached hydrogen (secondary N) is 1. The van der Waals surface area contributed by atoms with E-state index < -0.39 is 0 Å². The fourth-order valence-electron chi connectivity index (χ4n) is 2.65. The lowest BCUT2D eigenvalue weighted by Crippen LogP contribution is -2.31. The molecule has 1 aliphatic rings. The molecular formula is C18H21NO2. The molecule has 1 saturated carbocycles. The zero-order chi connectivity index (χ0) is 14.7. The number of rotatable bonds is 6. The lowest BCUT2D eigenvalue weighted by molar-refractivity contribution is -0.145. The number of hydrogen-bond donors (Lipinski definition) is 1. The van der Waals surface area contributed by atoms with Crippen LogP contribution in [0.2, 0.25) is 0 Å². The summed E-state index contributed by atoms with van der Waals surface area (Å²) in [7, 11) is 0. The van der Waals surface area contributed by atoms with Crippen LogP contribution in [0, 0.1) is 5.92 Å². The summed E-state index contributed by atoms with van der Waals surface area (Å²) in [5.74, 6) is 0.534. The molecule has 0 spiro atoms. The van der Waals surface area contributed by atoms with Crippen LogP contribution in [0.4, 0.5) is 0 Å². The van der Waals surface area contributed by atoms with Gasteiger partial charge >= 0.3 is 5.97 Å². The predicted octanol–water partition coefficient (Wildman–Crippen LogP) is 3.44. The van der Waals surface area contributed by atoms with Gasteiger partial charge in [-0.1, -0.05) is 42.5 Å². The molecule has 1 unspecified atom stereocenters. The van der Waals surface area contributed by atoms with Crippen LogP contribution in [0.3, 0.4) is 0 Å². The van der Waals surface area contributed by atoms with Crippen LogP contribution in [0.15, 0.2) is 42.5 Å². The first-order chi connectivity index (χ1) is 10.3. The van der Waals surface area contributed by atoms with Crippen LogP contribution in [-0.2, 0) is 9.53 Å². The number of esters is 1. The van der Waals surface area contributed by atoms with E-state index in [9.17, 15) is 4.79 Å². The van der Waals surface area contributed by atoms with E-state index in [1.165, 1.54) is 12.8 Å². The van der Waals surface area contributed by atoms with E-state index in [4.69, 9.17) is 4.74 Å². The summed E-state index contributed by atoms with van der Waals surface area (Å²) in [6.07, 6.45) is 2.52. The molecule has 2 aromatic rings. The molecule has 0 amide bonds. The summed E-state index contributed by atoms with van der Waals surface area (Å²) in [5.41, 5.74) is 1.01. The van der Waals surface area contributed by atoms with Crippen molar-refractivity contribution < 1.29 is 9.53 Å². The van der Waals surface area contributed by atoms with Crippen LogP contribution in [0.1, 0.15) is 31.4 Å². The van der Waals surface area contributed by atoms with E-state index in [1.54, 1.807) is 0 Å². The average Bonchev–Trinajstić information content (AvgIpc) is 3.32. The van der Waals surface area contributed by atoms with Gasteiger partial charge in [-0.25, -0.2) is 4.79 Å². The van der Waals surface area contributed by atoms with Crippen molar-refractivity contribution >= 4 is 16.7 Å². The van der Waals surface area contributed by atoms with Crippen molar-refractivity contribution in [2.45, 2.75) is 25.8 Å². The quantitative estimate of drug-likeness (QED) is 0.825. The third-order valence-electron chi connectivity index (χ3n) is 3.96. The van der Waals surface area contributed by atoms with Crippen LogP contribution in [0.5, 0.6) is 0 Å². The smallest absolute Gasteiger partial charge is 0.327 e. The first-order valence-corrected chi connectivity index (χ1v) is 7.67. The fraction of sp³-hybridized carbons (Fsp3) is 0.389. The summed E-state index contributed by atoms with van der Waals surface area (Å²) in [6.45, 7) is 3.14. The van der Waals surface area contributed by atoms with Gasteiger partial charge < -0.3 is 10.1 Å². The molecule has 0 heterocycles. The lowest BCUT2D eigenvalue weighted by atomic mass is 9.98. The maximum Gasteiger partial charge on any atom is 0.327 e. The first kappa shape index (κ1) is 14.1. The van der Waals surface area contributed by atoms with Crippen molar-refractivity contribution in [2.75, 3.05) is 13.2 Å². The molecule has 2 aromatic carbocycles. The molecule has 0 bridgehead atoms. The molecule has 0 aliphatic heterocycles. The van der Waals surface area contributed by atoms with Crippen LogP contribution in [0.25, 0.3) is 10.8 Å². The first-order valence-electron chi connectivity index (χ1n) is 7.67. The Balaban J connectivity index is 1.93. The van der Waals surface area contributed by atoms with Crippen molar-refractivity contribution in [2.24, 2.45) is 5.92 Å². The predicted molar refractivity (Wildman–Crippen MR) is 84.0 cm³/mol. The van der Waals surface area contributed by atoms with Gasteiger partial charge in [-0.2, -0.15) is 0 Å². The van der Waals surface area contributed by atoms with E-state index in [1.807, 2.05) is 31.2 Å². The van der Waals surface area contributed by atoms with Gasteiger partial charge in [0.15, 0.2) is 0 Å². The van der Waals surface area contributed by atoms with Crippen molar-refractivity contribution in [3.63, 3.8) is 0 Å². The molecule has 0 aromatic heterocycles. The minimum Gasteiger partial charge on any atom is -0.465 e. The van der Waals surface area contributed by atoms with Gasteiger partial charge in [0, 0.05) is 0 Å². The van der Waals surface area contributed by atoms with Gasteiger partial charge in [-0.3, -0.25) is 0 Å². The van der Waals surface area contributed by atoms with E-state index in [0.717, 1.165) is 28.8 Å². The van der Waals surface area contributed by atoms with Crippen molar-refractivity contribution in [3.8, 4) is 0 Å². The summed E-state index contributed by atoms with van der Waals surface area (Å²) in [6, 6.07) is 13.9. The van der Waals surface area contributed by atoms with Gasteiger partial charge in [-0.15, -0.1) is 0 Å². The molecule has 1 fully saturated rings. The number of ether oxygens (including phenoxy) is 1. The molecule has 1 atom stereocenters. The van der Waals surface area contributed by atoms with Crippen LogP contribution < -0.4 is 5.32 Å². The number of fused-ring (bicyclic) bond motifs is 1. The van der Waals surface area contributed by atoms with E-state index >= 15 is 0 Å². The topological polar surface area (TPSA) is 38.3 Å². The SMILES string of the molecule is CCOC(=O)C(NCC1CC1)c1cccc2ccccc12. The highest BCUT2D eigenvalue weighted by Crippen LogP contribution is 2.30. The zero-order valence-electron chi connectivity index (χ0n) is 12.3. The lowest BCUT2D eigenvalue weighted by Gasteiger charge is -2.19. The Hall–Kier alpha value is -1.87. The second kappa shape index (κ2) is 6.27. The largest absolute Gasteiger partial charge is 0.465 e. The molecule has 21 heavy (non-hydrogen) atoms. The monoisotopic (exact) mass is 283 g/mol. The highest BCUT2D eigenvalue weighted by molar-refractivity contribution is 5.91. The molecule has 1 N–H and O–H groups in total. The molecule has 110 valence electrons. The number of benzene rings is 2. The van der Waals surface area contributed by atoms with Crippen LogP contribution >= 0.6 is 0 Å². The second-order valence-electron chi connectivity index (χ2n) is 5.61. The summed E-state index contributed by atoms with van der Waals surface area (Å²) >= 11 is 0. The summed E-state index contributed by atoms with van der Waals surface area (Å²) in [4.78, 5) is 12.3. The van der Waals surface area contributed by atoms with Crippen molar-refractivity contribution in [3.05, 3.63) is 48.0 Å². The molecular weight excluding hydrogens is 262 g/mol. The van der Waals surface area contributed by atoms with E-state index in [0.29, 0.717) is 6.61 Å². The van der Waals surface area contributed by atoms with Gasteiger partial charge in [0.2, 0.25) is 0 Å². The van der Waals surface area contributed by atoms with Gasteiger partial charge in [0.05, 0.1) is 6.61 Å². The van der Waals surface area contributed by atoms with Gasteiger partial charge in [-0.05, 0) is 48.6 Å². The van der Waals surface area contributed by atoms with Crippen molar-refractivity contribution in [1.82, 2.24) is 5.32 Å². The Labute approximate surface area is 125 Å². The summed E-state index contributed by atoms with van der Waals surface area (Å²) in [5, 5.41) is 5.66.